The molecule has 2 aromatic carbocycles. The molecule has 2 rings (SSSR count). The number of rotatable bonds is 2. The number of nitrogens with one attached hydrogen (secondary N) is 2. The highest BCUT2D eigenvalue weighted by Gasteiger charge is 2.04. The van der Waals surface area contributed by atoms with E-state index >= 15 is 0 Å². The Labute approximate surface area is 131 Å². The molecule has 0 aliphatic heterocycles. The summed E-state index contributed by atoms with van der Waals surface area (Å²) < 4.78 is 14.7. The SMILES string of the molecule is O=C(Nc1ccc(F)cc1)Nc1ccc(Br)c(I)c1. The molecule has 0 saturated carbocycles. The van der Waals surface area contributed by atoms with Crippen LogP contribution >= 0.6 is 38.5 Å². The fourth-order valence-corrected chi connectivity index (χ4v) is 2.16. The van der Waals surface area contributed by atoms with Crippen LogP contribution in [0.2, 0.25) is 0 Å². The molecule has 3 nitrogen and oxygen atoms in total. The molecule has 0 aliphatic rings. The Balaban J connectivity index is 2.01. The van der Waals surface area contributed by atoms with E-state index in [-0.39, 0.29) is 11.8 Å². The largest absolute Gasteiger partial charge is 0.323 e. The fourth-order valence-electron chi connectivity index (χ4n) is 1.40. The third-order valence-electron chi connectivity index (χ3n) is 2.28. The van der Waals surface area contributed by atoms with Crippen LogP contribution in [0.15, 0.2) is 46.9 Å². The standard InChI is InChI=1S/C13H9BrFIN2O/c14-11-6-5-10(7-12(11)16)18-13(19)17-9-3-1-8(15)2-4-9/h1-7H,(H2,17,18,19). The Morgan fingerprint density at radius 2 is 1.63 bits per heavy atom. The van der Waals surface area contributed by atoms with Crippen LogP contribution in [0.4, 0.5) is 20.6 Å². The van der Waals surface area contributed by atoms with Crippen molar-refractivity contribution in [3.8, 4) is 0 Å². The number of urea groups is 1. The number of hydrogen-bond acceptors (Lipinski definition) is 1. The molecule has 0 unspecified atom stereocenters. The van der Waals surface area contributed by atoms with Gasteiger partial charge in [0.25, 0.3) is 0 Å². The molecule has 0 fully saturated rings. The summed E-state index contributed by atoms with van der Waals surface area (Å²) in [5.41, 5.74) is 1.22. The molecule has 2 N–H and O–H groups in total. The van der Waals surface area contributed by atoms with E-state index in [1.54, 1.807) is 6.07 Å². The second-order valence-corrected chi connectivity index (χ2v) is 5.73. The number of amides is 2. The molecule has 6 heteroatoms. The summed E-state index contributed by atoms with van der Waals surface area (Å²) in [4.78, 5) is 11.7. The van der Waals surface area contributed by atoms with Gasteiger partial charge >= 0.3 is 6.03 Å². The molecule has 2 aromatic rings. The predicted molar refractivity (Wildman–Crippen MR) is 85.9 cm³/mol. The normalized spacial score (nSPS) is 10.1. The molecular weight excluding hydrogens is 426 g/mol. The molecule has 0 radical (unpaired) electrons. The summed E-state index contributed by atoms with van der Waals surface area (Å²) in [6.45, 7) is 0. The van der Waals surface area contributed by atoms with Gasteiger partial charge in [-0.3, -0.25) is 0 Å². The van der Waals surface area contributed by atoms with Crippen molar-refractivity contribution in [1.29, 1.82) is 0 Å². The van der Waals surface area contributed by atoms with Crippen LogP contribution in [0.3, 0.4) is 0 Å². The van der Waals surface area contributed by atoms with Crippen molar-refractivity contribution in [2.75, 3.05) is 10.6 Å². The Morgan fingerprint density at radius 3 is 2.26 bits per heavy atom. The molecule has 0 bridgehead atoms. The smallest absolute Gasteiger partial charge is 0.308 e. The van der Waals surface area contributed by atoms with Crippen LogP contribution in [0.5, 0.6) is 0 Å². The van der Waals surface area contributed by atoms with Gasteiger partial charge in [0.05, 0.1) is 0 Å². The van der Waals surface area contributed by atoms with Gasteiger partial charge in [-0.2, -0.15) is 0 Å². The maximum absolute atomic E-state index is 12.7. The highest BCUT2D eigenvalue weighted by Crippen LogP contribution is 2.22. The number of anilines is 2. The van der Waals surface area contributed by atoms with Crippen molar-refractivity contribution < 1.29 is 9.18 Å². The van der Waals surface area contributed by atoms with Crippen LogP contribution in [-0.4, -0.2) is 6.03 Å². The van der Waals surface area contributed by atoms with Crippen molar-refractivity contribution in [2.45, 2.75) is 0 Å². The van der Waals surface area contributed by atoms with Crippen molar-refractivity contribution in [2.24, 2.45) is 0 Å². The third-order valence-corrected chi connectivity index (χ3v) is 4.60. The Kier molecular flexibility index (Phi) is 4.76. The van der Waals surface area contributed by atoms with Crippen LogP contribution in [-0.2, 0) is 0 Å². The highest BCUT2D eigenvalue weighted by atomic mass is 127. The minimum Gasteiger partial charge on any atom is -0.308 e. The van der Waals surface area contributed by atoms with Crippen molar-refractivity contribution in [3.63, 3.8) is 0 Å². The lowest BCUT2D eigenvalue weighted by Crippen LogP contribution is -2.19. The molecule has 19 heavy (non-hydrogen) atoms. The van der Waals surface area contributed by atoms with Gasteiger partial charge < -0.3 is 10.6 Å². The van der Waals surface area contributed by atoms with Crippen LogP contribution in [0.25, 0.3) is 0 Å². The molecule has 0 aromatic heterocycles. The van der Waals surface area contributed by atoms with E-state index < -0.39 is 0 Å². The number of hydrogen-bond donors (Lipinski definition) is 2. The van der Waals surface area contributed by atoms with Gasteiger partial charge in [-0.1, -0.05) is 0 Å². The molecule has 0 atom stereocenters. The topological polar surface area (TPSA) is 41.1 Å². The summed E-state index contributed by atoms with van der Waals surface area (Å²) in [5.74, 6) is -0.339. The van der Waals surface area contributed by atoms with Gasteiger partial charge in [-0.15, -0.1) is 0 Å². The summed E-state index contributed by atoms with van der Waals surface area (Å²) >= 11 is 5.55. The van der Waals surface area contributed by atoms with Crippen LogP contribution in [0, 0.1) is 9.39 Å². The molecule has 2 amide bonds. The monoisotopic (exact) mass is 434 g/mol. The lowest BCUT2D eigenvalue weighted by Gasteiger charge is -2.08. The van der Waals surface area contributed by atoms with Gasteiger partial charge in [-0.05, 0) is 81.0 Å². The zero-order chi connectivity index (χ0) is 13.8. The van der Waals surface area contributed by atoms with Gasteiger partial charge in [-0.25, -0.2) is 9.18 Å². The van der Waals surface area contributed by atoms with Gasteiger partial charge in [0.1, 0.15) is 5.82 Å². The number of carbonyl (C=O) groups is 1. The predicted octanol–water partition coefficient (Wildman–Crippen LogP) is 4.84. The lowest BCUT2D eigenvalue weighted by molar-refractivity contribution is 0.262. The van der Waals surface area contributed by atoms with Crippen LogP contribution in [0.1, 0.15) is 0 Å². The first kappa shape index (κ1) is 14.3. The van der Waals surface area contributed by atoms with Crippen molar-refractivity contribution >= 4 is 55.9 Å². The van der Waals surface area contributed by atoms with Gasteiger partial charge in [0, 0.05) is 19.4 Å². The summed E-state index contributed by atoms with van der Waals surface area (Å²) in [7, 11) is 0. The number of carbonyl (C=O) groups excluding carboxylic acids is 1. The van der Waals surface area contributed by atoms with E-state index in [1.807, 2.05) is 12.1 Å². The fraction of sp³-hybridized carbons (Fsp3) is 0. The summed E-state index contributed by atoms with van der Waals surface area (Å²) in [5, 5.41) is 5.32. The number of benzene rings is 2. The van der Waals surface area contributed by atoms with Crippen molar-refractivity contribution in [1.82, 2.24) is 0 Å². The van der Waals surface area contributed by atoms with E-state index in [1.165, 1.54) is 24.3 Å². The maximum atomic E-state index is 12.7. The van der Waals surface area contributed by atoms with Gasteiger partial charge in [0.15, 0.2) is 0 Å². The maximum Gasteiger partial charge on any atom is 0.323 e. The molecule has 98 valence electrons. The Bertz CT molecular complexity index is 604. The molecular formula is C13H9BrFIN2O. The van der Waals surface area contributed by atoms with E-state index in [4.69, 9.17) is 0 Å². The third kappa shape index (κ3) is 4.17. The minimum absolute atomic E-state index is 0.339. The average molecular weight is 435 g/mol. The van der Waals surface area contributed by atoms with E-state index in [0.29, 0.717) is 11.4 Å². The molecule has 0 aliphatic carbocycles. The first-order valence-electron chi connectivity index (χ1n) is 5.33. The first-order valence-corrected chi connectivity index (χ1v) is 7.20. The Morgan fingerprint density at radius 1 is 1.05 bits per heavy atom. The van der Waals surface area contributed by atoms with Gasteiger partial charge in [0.2, 0.25) is 0 Å². The minimum atomic E-state index is -0.371. The van der Waals surface area contributed by atoms with E-state index in [0.717, 1.165) is 8.04 Å². The van der Waals surface area contributed by atoms with E-state index in [2.05, 4.69) is 49.2 Å². The highest BCUT2D eigenvalue weighted by molar-refractivity contribution is 14.1. The average Bonchev–Trinajstić information content (AvgIpc) is 2.37. The molecule has 0 spiro atoms. The van der Waals surface area contributed by atoms with Crippen LogP contribution < -0.4 is 10.6 Å². The summed E-state index contributed by atoms with van der Waals surface area (Å²) in [6.07, 6.45) is 0. The lowest BCUT2D eigenvalue weighted by atomic mass is 10.3. The second kappa shape index (κ2) is 6.33. The Hall–Kier alpha value is -1.15. The number of halogens is 3. The quantitative estimate of drug-likeness (QED) is 0.652. The summed E-state index contributed by atoms with van der Waals surface area (Å²) in [6, 6.07) is 10.7. The zero-order valence-corrected chi connectivity index (χ0v) is 13.3. The van der Waals surface area contributed by atoms with Crippen molar-refractivity contribution in [3.05, 3.63) is 56.3 Å². The zero-order valence-electron chi connectivity index (χ0n) is 9.58. The molecule has 0 heterocycles. The molecule has 0 saturated heterocycles. The second-order valence-electron chi connectivity index (χ2n) is 3.71. The van der Waals surface area contributed by atoms with E-state index in [9.17, 15) is 9.18 Å². The first-order chi connectivity index (χ1) is 9.04.